The minimum atomic E-state index is 0.289. The van der Waals surface area contributed by atoms with E-state index in [1.165, 1.54) is 10.4 Å². The van der Waals surface area contributed by atoms with Gasteiger partial charge in [0.25, 0.3) is 0 Å². The summed E-state index contributed by atoms with van der Waals surface area (Å²) in [6, 6.07) is 13.0. The molecule has 0 saturated heterocycles. The standard InChI is InChI=1S/C20H28N2S2/c1-5-17-9-6-7-10-18(17)21-20(23)22(13-12-15(2)3)16(4)19-11-8-14-24-19/h6-11,14-16H,5,12-13H2,1-4H3,(H,21,23)/t16-/m1/s1. The summed E-state index contributed by atoms with van der Waals surface area (Å²) in [5.41, 5.74) is 2.42. The first-order valence-corrected chi connectivity index (χ1v) is 10.0. The molecule has 0 unspecified atom stereocenters. The molecule has 2 aromatic rings. The Labute approximate surface area is 155 Å². The Morgan fingerprint density at radius 1 is 1.17 bits per heavy atom. The summed E-state index contributed by atoms with van der Waals surface area (Å²) in [5, 5.41) is 6.44. The van der Waals surface area contributed by atoms with Gasteiger partial charge in [-0.05, 0) is 61.0 Å². The van der Waals surface area contributed by atoms with E-state index in [9.17, 15) is 0 Å². The highest BCUT2D eigenvalue weighted by molar-refractivity contribution is 7.80. The molecule has 0 spiro atoms. The highest BCUT2D eigenvalue weighted by Crippen LogP contribution is 2.27. The molecule has 0 bridgehead atoms. The molecular weight excluding hydrogens is 332 g/mol. The van der Waals surface area contributed by atoms with Crippen LogP contribution >= 0.6 is 23.6 Å². The molecule has 1 aromatic carbocycles. The number of hydrogen-bond acceptors (Lipinski definition) is 2. The van der Waals surface area contributed by atoms with Crippen molar-refractivity contribution in [1.82, 2.24) is 4.90 Å². The SMILES string of the molecule is CCc1ccccc1NC(=S)N(CCC(C)C)[C@H](C)c1cccs1. The number of anilines is 1. The van der Waals surface area contributed by atoms with E-state index in [-0.39, 0.29) is 6.04 Å². The number of nitrogens with one attached hydrogen (secondary N) is 1. The largest absolute Gasteiger partial charge is 0.341 e. The molecule has 1 atom stereocenters. The minimum Gasteiger partial charge on any atom is -0.341 e. The number of benzene rings is 1. The van der Waals surface area contributed by atoms with Crippen LogP contribution in [-0.4, -0.2) is 16.6 Å². The summed E-state index contributed by atoms with van der Waals surface area (Å²) >= 11 is 7.58. The van der Waals surface area contributed by atoms with Crippen molar-refractivity contribution in [3.63, 3.8) is 0 Å². The Hall–Kier alpha value is -1.39. The van der Waals surface area contributed by atoms with Crippen LogP contribution in [-0.2, 0) is 6.42 Å². The van der Waals surface area contributed by atoms with Crippen LogP contribution in [0, 0.1) is 5.92 Å². The van der Waals surface area contributed by atoms with E-state index in [2.05, 4.69) is 79.7 Å². The third-order valence-electron chi connectivity index (χ3n) is 4.27. The molecule has 0 radical (unpaired) electrons. The van der Waals surface area contributed by atoms with Crippen molar-refractivity contribution in [3.05, 3.63) is 52.2 Å². The highest BCUT2D eigenvalue weighted by atomic mass is 32.1. The number of nitrogens with zero attached hydrogens (tertiary/aromatic N) is 1. The second-order valence-electron chi connectivity index (χ2n) is 6.51. The maximum absolute atomic E-state index is 5.79. The van der Waals surface area contributed by atoms with Gasteiger partial charge >= 0.3 is 0 Å². The van der Waals surface area contributed by atoms with Crippen molar-refractivity contribution in [3.8, 4) is 0 Å². The molecule has 130 valence electrons. The van der Waals surface area contributed by atoms with Crippen LogP contribution in [0.1, 0.15) is 50.6 Å². The summed E-state index contributed by atoms with van der Waals surface area (Å²) in [5.74, 6) is 0.661. The van der Waals surface area contributed by atoms with Gasteiger partial charge in [-0.15, -0.1) is 11.3 Å². The Morgan fingerprint density at radius 3 is 2.54 bits per heavy atom. The molecule has 0 aliphatic heterocycles. The zero-order chi connectivity index (χ0) is 17.5. The van der Waals surface area contributed by atoms with Crippen molar-refractivity contribution in [2.24, 2.45) is 5.92 Å². The molecule has 1 aromatic heterocycles. The summed E-state index contributed by atoms with van der Waals surface area (Å²) in [7, 11) is 0. The topological polar surface area (TPSA) is 15.3 Å². The molecule has 1 heterocycles. The number of rotatable bonds is 7. The van der Waals surface area contributed by atoms with Crippen LogP contribution in [0.5, 0.6) is 0 Å². The molecule has 2 rings (SSSR count). The molecule has 0 aliphatic rings. The van der Waals surface area contributed by atoms with Gasteiger partial charge in [-0.25, -0.2) is 0 Å². The van der Waals surface area contributed by atoms with Gasteiger partial charge in [0.1, 0.15) is 0 Å². The normalized spacial score (nSPS) is 12.2. The maximum Gasteiger partial charge on any atom is 0.173 e. The Bertz CT molecular complexity index is 635. The Morgan fingerprint density at radius 2 is 1.92 bits per heavy atom. The average Bonchev–Trinajstić information content (AvgIpc) is 3.09. The molecule has 0 amide bonds. The van der Waals surface area contributed by atoms with Gasteiger partial charge < -0.3 is 10.2 Å². The lowest BCUT2D eigenvalue weighted by Crippen LogP contribution is -2.38. The average molecular weight is 361 g/mol. The second-order valence-corrected chi connectivity index (χ2v) is 7.87. The van der Waals surface area contributed by atoms with Crippen LogP contribution in [0.4, 0.5) is 5.69 Å². The van der Waals surface area contributed by atoms with E-state index < -0.39 is 0 Å². The van der Waals surface area contributed by atoms with Crippen LogP contribution < -0.4 is 5.32 Å². The molecule has 0 aliphatic carbocycles. The third-order valence-corrected chi connectivity index (χ3v) is 5.65. The van der Waals surface area contributed by atoms with E-state index >= 15 is 0 Å². The first-order chi connectivity index (χ1) is 11.5. The number of thiocarbonyl (C=S) groups is 1. The summed E-state index contributed by atoms with van der Waals surface area (Å²) < 4.78 is 0. The molecule has 4 heteroatoms. The number of aryl methyl sites for hydroxylation is 1. The number of hydrogen-bond donors (Lipinski definition) is 1. The van der Waals surface area contributed by atoms with E-state index in [1.54, 1.807) is 11.3 Å². The van der Waals surface area contributed by atoms with Gasteiger partial charge in [-0.2, -0.15) is 0 Å². The molecular formula is C20H28N2S2. The smallest absolute Gasteiger partial charge is 0.173 e. The first kappa shape index (κ1) is 18.9. The fourth-order valence-electron chi connectivity index (χ4n) is 2.69. The van der Waals surface area contributed by atoms with E-state index in [4.69, 9.17) is 12.2 Å². The van der Waals surface area contributed by atoms with Gasteiger partial charge in [0, 0.05) is 17.1 Å². The van der Waals surface area contributed by atoms with Crippen molar-refractivity contribution in [2.45, 2.75) is 46.6 Å². The fourth-order valence-corrected chi connectivity index (χ4v) is 3.84. The monoisotopic (exact) mass is 360 g/mol. The summed E-state index contributed by atoms with van der Waals surface area (Å²) in [4.78, 5) is 3.68. The fraction of sp³-hybridized carbons (Fsp3) is 0.450. The van der Waals surface area contributed by atoms with Gasteiger partial charge in [0.05, 0.1) is 6.04 Å². The van der Waals surface area contributed by atoms with E-state index in [0.29, 0.717) is 5.92 Å². The van der Waals surface area contributed by atoms with E-state index in [0.717, 1.165) is 30.2 Å². The lowest BCUT2D eigenvalue weighted by Gasteiger charge is -2.32. The zero-order valence-corrected chi connectivity index (χ0v) is 16.7. The number of thiophene rings is 1. The second kappa shape index (κ2) is 9.19. The van der Waals surface area contributed by atoms with Crippen LogP contribution in [0.3, 0.4) is 0 Å². The highest BCUT2D eigenvalue weighted by Gasteiger charge is 2.20. The molecule has 24 heavy (non-hydrogen) atoms. The predicted molar refractivity (Wildman–Crippen MR) is 111 cm³/mol. The lowest BCUT2D eigenvalue weighted by molar-refractivity contribution is 0.321. The van der Waals surface area contributed by atoms with Crippen molar-refractivity contribution in [1.29, 1.82) is 0 Å². The van der Waals surface area contributed by atoms with Crippen LogP contribution in [0.15, 0.2) is 41.8 Å². The zero-order valence-electron chi connectivity index (χ0n) is 15.1. The maximum atomic E-state index is 5.79. The third kappa shape index (κ3) is 5.05. The summed E-state index contributed by atoms with van der Waals surface area (Å²) in [6.07, 6.45) is 2.13. The van der Waals surface area contributed by atoms with Crippen molar-refractivity contribution < 1.29 is 0 Å². The molecule has 2 nitrogen and oxygen atoms in total. The predicted octanol–water partition coefficient (Wildman–Crippen LogP) is 6.12. The Balaban J connectivity index is 2.17. The molecule has 0 fully saturated rings. The Kier molecular flexibility index (Phi) is 7.25. The first-order valence-electron chi connectivity index (χ1n) is 8.71. The van der Waals surface area contributed by atoms with Gasteiger partial charge in [-0.1, -0.05) is 45.0 Å². The van der Waals surface area contributed by atoms with Crippen molar-refractivity contribution >= 4 is 34.4 Å². The van der Waals surface area contributed by atoms with Gasteiger partial charge in [-0.3, -0.25) is 0 Å². The summed E-state index contributed by atoms with van der Waals surface area (Å²) in [6.45, 7) is 9.91. The molecule has 1 N–H and O–H groups in total. The van der Waals surface area contributed by atoms with Gasteiger partial charge in [0.2, 0.25) is 0 Å². The number of para-hydroxylation sites is 1. The van der Waals surface area contributed by atoms with Crippen LogP contribution in [0.25, 0.3) is 0 Å². The van der Waals surface area contributed by atoms with Gasteiger partial charge in [0.15, 0.2) is 5.11 Å². The van der Waals surface area contributed by atoms with E-state index in [1.807, 2.05) is 0 Å². The van der Waals surface area contributed by atoms with Crippen LogP contribution in [0.2, 0.25) is 0 Å². The lowest BCUT2D eigenvalue weighted by atomic mass is 10.1. The quantitative estimate of drug-likeness (QED) is 0.599. The molecule has 0 saturated carbocycles. The van der Waals surface area contributed by atoms with Crippen molar-refractivity contribution in [2.75, 3.05) is 11.9 Å². The minimum absolute atomic E-state index is 0.289.